The molecular weight excluding hydrogens is 383 g/mol. The van der Waals surface area contributed by atoms with Crippen molar-refractivity contribution in [3.63, 3.8) is 0 Å². The molecule has 0 saturated carbocycles. The second kappa shape index (κ2) is 9.56. The maximum Gasteiger partial charge on any atom is 0.257 e. The van der Waals surface area contributed by atoms with Crippen LogP contribution in [0.5, 0.6) is 0 Å². The lowest BCUT2D eigenvalue weighted by atomic mass is 10.0. The summed E-state index contributed by atoms with van der Waals surface area (Å²) in [6, 6.07) is 15.8. The third-order valence-corrected chi connectivity index (χ3v) is 5.43. The van der Waals surface area contributed by atoms with E-state index in [9.17, 15) is 4.79 Å². The fraction of sp³-hybridized carbons (Fsp3) is 0.381. The van der Waals surface area contributed by atoms with Gasteiger partial charge < -0.3 is 26.9 Å². The van der Waals surface area contributed by atoms with E-state index >= 15 is 0 Å². The lowest BCUT2D eigenvalue weighted by molar-refractivity contribution is -0.929. The Kier molecular flexibility index (Phi) is 7.68. The first-order valence-corrected chi connectivity index (χ1v) is 9.39. The van der Waals surface area contributed by atoms with Gasteiger partial charge in [0.25, 0.3) is 5.91 Å². The van der Waals surface area contributed by atoms with Crippen LogP contribution < -0.4 is 17.7 Å². The molecule has 1 heterocycles. The van der Waals surface area contributed by atoms with Gasteiger partial charge in [-0.05, 0) is 24.3 Å². The number of hydrogen-bond donors (Lipinski definition) is 1. The van der Waals surface area contributed by atoms with Crippen LogP contribution in [-0.2, 0) is 11.3 Å². The van der Waals surface area contributed by atoms with E-state index in [0.717, 1.165) is 42.8 Å². The summed E-state index contributed by atoms with van der Waals surface area (Å²) in [6.45, 7) is 2.68. The SMILES string of the molecule is C[N+](C)(Cc1ccc(NC(=O)c2ccccc2Cl)cc1)C1CCOCC1.[Cl-]. The summed E-state index contributed by atoms with van der Waals surface area (Å²) in [5.74, 6) is -0.193. The van der Waals surface area contributed by atoms with E-state index in [4.69, 9.17) is 16.3 Å². The van der Waals surface area contributed by atoms with Gasteiger partial charge >= 0.3 is 0 Å². The molecule has 0 radical (unpaired) electrons. The quantitative estimate of drug-likeness (QED) is 0.758. The van der Waals surface area contributed by atoms with Crippen LogP contribution in [0.1, 0.15) is 28.8 Å². The number of nitrogens with one attached hydrogen (secondary N) is 1. The summed E-state index contributed by atoms with van der Waals surface area (Å²) in [6.07, 6.45) is 2.22. The fourth-order valence-corrected chi connectivity index (χ4v) is 3.74. The number of nitrogens with zero attached hydrogens (tertiary/aromatic N) is 1. The van der Waals surface area contributed by atoms with Gasteiger partial charge in [-0.1, -0.05) is 35.9 Å². The molecule has 0 spiro atoms. The number of quaternary nitrogens is 1. The van der Waals surface area contributed by atoms with E-state index in [0.29, 0.717) is 16.6 Å². The molecule has 0 aliphatic carbocycles. The largest absolute Gasteiger partial charge is 1.00 e. The molecule has 1 N–H and O–H groups in total. The zero-order valence-electron chi connectivity index (χ0n) is 15.8. The number of benzene rings is 2. The monoisotopic (exact) mass is 408 g/mol. The van der Waals surface area contributed by atoms with Crippen molar-refractivity contribution in [3.05, 3.63) is 64.7 Å². The van der Waals surface area contributed by atoms with Crippen molar-refractivity contribution in [2.75, 3.05) is 32.6 Å². The molecule has 3 rings (SSSR count). The van der Waals surface area contributed by atoms with Crippen molar-refractivity contribution in [3.8, 4) is 0 Å². The Hall–Kier alpha value is -1.59. The first kappa shape index (κ1) is 21.7. The number of hydrogen-bond acceptors (Lipinski definition) is 2. The highest BCUT2D eigenvalue weighted by Gasteiger charge is 2.30. The van der Waals surface area contributed by atoms with Crippen LogP contribution in [0, 0.1) is 0 Å². The predicted molar refractivity (Wildman–Crippen MR) is 106 cm³/mol. The summed E-state index contributed by atoms with van der Waals surface area (Å²) in [5, 5.41) is 3.36. The molecule has 1 aliphatic rings. The number of rotatable bonds is 5. The third-order valence-electron chi connectivity index (χ3n) is 5.10. The van der Waals surface area contributed by atoms with E-state index in [2.05, 4.69) is 31.5 Å². The predicted octanol–water partition coefficient (Wildman–Crippen LogP) is 1.35. The molecule has 1 fully saturated rings. The second-order valence-corrected chi connectivity index (χ2v) is 7.82. The van der Waals surface area contributed by atoms with Crippen LogP contribution >= 0.6 is 11.6 Å². The number of ether oxygens (including phenoxy) is 1. The van der Waals surface area contributed by atoms with Crippen LogP contribution in [0.25, 0.3) is 0 Å². The smallest absolute Gasteiger partial charge is 0.257 e. The summed E-state index contributed by atoms with van der Waals surface area (Å²) in [4.78, 5) is 12.3. The van der Waals surface area contributed by atoms with Crippen molar-refractivity contribution in [1.82, 2.24) is 0 Å². The molecule has 0 unspecified atom stereocenters. The lowest BCUT2D eigenvalue weighted by Gasteiger charge is -2.40. The Balaban J connectivity index is 0.00000261. The third kappa shape index (κ3) is 5.69. The van der Waals surface area contributed by atoms with Crippen LogP contribution in [-0.4, -0.2) is 43.7 Å². The van der Waals surface area contributed by atoms with E-state index in [1.807, 2.05) is 18.2 Å². The molecule has 2 aromatic carbocycles. The Morgan fingerprint density at radius 1 is 1.11 bits per heavy atom. The topological polar surface area (TPSA) is 38.3 Å². The lowest BCUT2D eigenvalue weighted by Crippen LogP contribution is -3.00. The number of carbonyl (C=O) groups excluding carboxylic acids is 1. The van der Waals surface area contributed by atoms with Crippen LogP contribution in [0.15, 0.2) is 48.5 Å². The Labute approximate surface area is 172 Å². The highest BCUT2D eigenvalue weighted by molar-refractivity contribution is 6.34. The van der Waals surface area contributed by atoms with Crippen molar-refractivity contribution < 1.29 is 26.4 Å². The van der Waals surface area contributed by atoms with Gasteiger partial charge in [0.05, 0.1) is 43.9 Å². The minimum Gasteiger partial charge on any atom is -1.00 e. The van der Waals surface area contributed by atoms with Crippen molar-refractivity contribution in [2.45, 2.75) is 25.4 Å². The summed E-state index contributed by atoms with van der Waals surface area (Å²) in [7, 11) is 4.56. The molecule has 0 aromatic heterocycles. The van der Waals surface area contributed by atoms with Gasteiger partial charge in [-0.2, -0.15) is 0 Å². The molecule has 0 bridgehead atoms. The molecule has 2 aromatic rings. The number of halogens is 2. The van der Waals surface area contributed by atoms with E-state index < -0.39 is 0 Å². The van der Waals surface area contributed by atoms with Gasteiger partial charge in [-0.15, -0.1) is 0 Å². The van der Waals surface area contributed by atoms with Crippen LogP contribution in [0.2, 0.25) is 5.02 Å². The highest BCUT2D eigenvalue weighted by Crippen LogP contribution is 2.23. The summed E-state index contributed by atoms with van der Waals surface area (Å²) < 4.78 is 6.44. The van der Waals surface area contributed by atoms with Gasteiger partial charge in [0.1, 0.15) is 6.54 Å². The first-order valence-electron chi connectivity index (χ1n) is 9.01. The molecule has 146 valence electrons. The first-order chi connectivity index (χ1) is 12.5. The van der Waals surface area contributed by atoms with Crippen LogP contribution in [0.4, 0.5) is 5.69 Å². The average Bonchev–Trinajstić information content (AvgIpc) is 2.64. The Morgan fingerprint density at radius 3 is 2.37 bits per heavy atom. The van der Waals surface area contributed by atoms with Gasteiger partial charge in [-0.3, -0.25) is 4.79 Å². The summed E-state index contributed by atoms with van der Waals surface area (Å²) in [5.41, 5.74) is 2.52. The van der Waals surface area contributed by atoms with E-state index in [1.54, 1.807) is 18.2 Å². The molecule has 1 aliphatic heterocycles. The van der Waals surface area contributed by atoms with Crippen LogP contribution in [0.3, 0.4) is 0 Å². The Morgan fingerprint density at radius 2 is 1.74 bits per heavy atom. The molecule has 6 heteroatoms. The van der Waals surface area contributed by atoms with Crippen molar-refractivity contribution in [2.24, 2.45) is 0 Å². The van der Waals surface area contributed by atoms with Gasteiger partial charge in [0, 0.05) is 24.1 Å². The zero-order valence-corrected chi connectivity index (χ0v) is 17.3. The molecule has 0 atom stereocenters. The summed E-state index contributed by atoms with van der Waals surface area (Å²) >= 11 is 6.09. The fourth-order valence-electron chi connectivity index (χ4n) is 3.52. The zero-order chi connectivity index (χ0) is 18.6. The number of amides is 1. The van der Waals surface area contributed by atoms with Gasteiger partial charge in [0.2, 0.25) is 0 Å². The van der Waals surface area contributed by atoms with Crippen molar-refractivity contribution in [1.29, 1.82) is 0 Å². The minimum absolute atomic E-state index is 0. The Bertz CT molecular complexity index is 757. The van der Waals surface area contributed by atoms with E-state index in [-0.39, 0.29) is 18.3 Å². The number of anilines is 1. The van der Waals surface area contributed by atoms with E-state index in [1.165, 1.54) is 5.56 Å². The van der Waals surface area contributed by atoms with Gasteiger partial charge in [0.15, 0.2) is 0 Å². The van der Waals surface area contributed by atoms with Gasteiger partial charge in [-0.25, -0.2) is 0 Å². The molecule has 27 heavy (non-hydrogen) atoms. The average molecular weight is 409 g/mol. The maximum atomic E-state index is 12.3. The number of carbonyl (C=O) groups is 1. The molecule has 1 saturated heterocycles. The second-order valence-electron chi connectivity index (χ2n) is 7.41. The molecular formula is C21H26Cl2N2O2. The highest BCUT2D eigenvalue weighted by atomic mass is 35.5. The normalized spacial score (nSPS) is 15.1. The molecule has 1 amide bonds. The van der Waals surface area contributed by atoms with Crippen molar-refractivity contribution >= 4 is 23.2 Å². The minimum atomic E-state index is -0.193. The standard InChI is InChI=1S/C21H25ClN2O2.ClH/c1-24(2,18-11-13-26-14-12-18)15-16-7-9-17(10-8-16)23-21(25)19-5-3-4-6-20(19)22;/h3-10,18H,11-15H2,1-2H3;1H. The maximum absolute atomic E-state index is 12.3. The molecule has 4 nitrogen and oxygen atoms in total.